The first-order valence-corrected chi connectivity index (χ1v) is 5.73. The normalized spacial score (nSPS) is 10.7. The predicted octanol–water partition coefficient (Wildman–Crippen LogP) is 1.00. The smallest absolute Gasteiger partial charge is 0.251 e. The van der Waals surface area contributed by atoms with Gasteiger partial charge in [-0.3, -0.25) is 4.79 Å². The van der Waals surface area contributed by atoms with Gasteiger partial charge in [0.1, 0.15) is 11.5 Å². The summed E-state index contributed by atoms with van der Waals surface area (Å²) in [5, 5.41) is 7.84. The third kappa shape index (κ3) is 2.41. The van der Waals surface area contributed by atoms with Crippen LogP contribution in [0, 0.1) is 0 Å². The summed E-state index contributed by atoms with van der Waals surface area (Å²) in [6, 6.07) is 1.48. The second kappa shape index (κ2) is 4.90. The lowest BCUT2D eigenvalue weighted by Crippen LogP contribution is -2.12. The molecular weight excluding hydrogens is 218 g/mol. The maximum Gasteiger partial charge on any atom is 0.251 e. The lowest BCUT2D eigenvalue weighted by molar-refractivity contribution is 0.583. The molecule has 17 heavy (non-hydrogen) atoms. The van der Waals surface area contributed by atoms with E-state index in [1.54, 1.807) is 10.9 Å². The van der Waals surface area contributed by atoms with Crippen LogP contribution in [0.1, 0.15) is 26.1 Å². The Hall–Kier alpha value is -1.98. The highest BCUT2D eigenvalue weighted by Gasteiger charge is 2.09. The van der Waals surface area contributed by atoms with Crippen molar-refractivity contribution in [3.8, 4) is 11.4 Å². The van der Waals surface area contributed by atoms with Crippen molar-refractivity contribution < 1.29 is 0 Å². The fourth-order valence-corrected chi connectivity index (χ4v) is 1.64. The van der Waals surface area contributed by atoms with Crippen LogP contribution < -0.4 is 5.56 Å². The standard InChI is InChI=1S/C11H15N5O/c1-3-5-16-9(7-12-15-16)8-6-11(17)14-10(4-2)13-8/h6-7H,3-5H2,1-2H3,(H,13,14,17). The van der Waals surface area contributed by atoms with Gasteiger partial charge in [-0.1, -0.05) is 19.1 Å². The number of hydrogen-bond donors (Lipinski definition) is 1. The molecule has 0 spiro atoms. The number of nitrogens with one attached hydrogen (secondary N) is 1. The van der Waals surface area contributed by atoms with Crippen molar-refractivity contribution in [2.45, 2.75) is 33.2 Å². The Bertz CT molecular complexity index is 557. The van der Waals surface area contributed by atoms with E-state index in [4.69, 9.17) is 0 Å². The van der Waals surface area contributed by atoms with Gasteiger partial charge < -0.3 is 4.98 Å². The van der Waals surface area contributed by atoms with Gasteiger partial charge in [-0.15, -0.1) is 5.10 Å². The zero-order valence-corrected chi connectivity index (χ0v) is 9.97. The molecule has 0 saturated heterocycles. The molecule has 0 unspecified atom stereocenters. The summed E-state index contributed by atoms with van der Waals surface area (Å²) < 4.78 is 1.77. The van der Waals surface area contributed by atoms with Crippen molar-refractivity contribution in [1.29, 1.82) is 0 Å². The average molecular weight is 233 g/mol. The largest absolute Gasteiger partial charge is 0.311 e. The molecule has 0 aromatic carbocycles. The number of H-pyrrole nitrogens is 1. The summed E-state index contributed by atoms with van der Waals surface area (Å²) in [5.74, 6) is 0.678. The molecule has 0 atom stereocenters. The minimum Gasteiger partial charge on any atom is -0.311 e. The minimum atomic E-state index is -0.143. The third-order valence-electron chi connectivity index (χ3n) is 2.44. The SMILES string of the molecule is CCCn1nncc1-c1cc(=O)[nH]c(CC)n1. The van der Waals surface area contributed by atoms with Gasteiger partial charge in [-0.25, -0.2) is 9.67 Å². The van der Waals surface area contributed by atoms with E-state index in [0.717, 1.165) is 18.7 Å². The molecule has 0 saturated carbocycles. The van der Waals surface area contributed by atoms with Gasteiger partial charge in [0.2, 0.25) is 0 Å². The summed E-state index contributed by atoms with van der Waals surface area (Å²) >= 11 is 0. The van der Waals surface area contributed by atoms with Crippen LogP contribution in [0.5, 0.6) is 0 Å². The maximum atomic E-state index is 11.5. The van der Waals surface area contributed by atoms with Crippen LogP contribution in [-0.2, 0) is 13.0 Å². The zero-order chi connectivity index (χ0) is 12.3. The predicted molar refractivity (Wildman–Crippen MR) is 63.5 cm³/mol. The molecule has 1 N–H and O–H groups in total. The lowest BCUT2D eigenvalue weighted by Gasteiger charge is -2.04. The minimum absolute atomic E-state index is 0.143. The highest BCUT2D eigenvalue weighted by molar-refractivity contribution is 5.52. The Balaban J connectivity index is 2.48. The van der Waals surface area contributed by atoms with Crippen LogP contribution in [0.3, 0.4) is 0 Å². The molecule has 0 aliphatic rings. The van der Waals surface area contributed by atoms with Gasteiger partial charge in [0.05, 0.1) is 11.9 Å². The third-order valence-corrected chi connectivity index (χ3v) is 2.44. The molecule has 2 rings (SSSR count). The molecule has 0 amide bonds. The van der Waals surface area contributed by atoms with Crippen LogP contribution in [0.4, 0.5) is 0 Å². The van der Waals surface area contributed by atoms with Crippen molar-refractivity contribution >= 4 is 0 Å². The molecule has 90 valence electrons. The number of aromatic amines is 1. The molecule has 0 aliphatic carbocycles. The Labute approximate surface area is 98.7 Å². The molecule has 2 heterocycles. The summed E-state index contributed by atoms with van der Waals surface area (Å²) in [5.41, 5.74) is 1.27. The lowest BCUT2D eigenvalue weighted by atomic mass is 10.3. The summed E-state index contributed by atoms with van der Waals surface area (Å²) in [6.07, 6.45) is 3.29. The first-order chi connectivity index (χ1) is 8.24. The molecule has 0 aliphatic heterocycles. The molecule has 0 bridgehead atoms. The molecular formula is C11H15N5O. The van der Waals surface area contributed by atoms with Crippen molar-refractivity contribution in [2.75, 3.05) is 0 Å². The number of hydrogen-bond acceptors (Lipinski definition) is 4. The zero-order valence-electron chi connectivity index (χ0n) is 9.97. The topological polar surface area (TPSA) is 76.5 Å². The molecule has 2 aromatic rings. The summed E-state index contributed by atoms with van der Waals surface area (Å²) in [6.45, 7) is 4.78. The molecule has 6 nitrogen and oxygen atoms in total. The van der Waals surface area contributed by atoms with Gasteiger partial charge >= 0.3 is 0 Å². The first kappa shape index (κ1) is 11.5. The van der Waals surface area contributed by atoms with E-state index in [2.05, 4.69) is 27.2 Å². The average Bonchev–Trinajstić information content (AvgIpc) is 2.77. The fraction of sp³-hybridized carbons (Fsp3) is 0.455. The van der Waals surface area contributed by atoms with Crippen LogP contribution >= 0.6 is 0 Å². The van der Waals surface area contributed by atoms with Crippen molar-refractivity contribution in [2.24, 2.45) is 0 Å². The van der Waals surface area contributed by atoms with Gasteiger partial charge in [0.25, 0.3) is 5.56 Å². The number of aryl methyl sites for hydroxylation is 2. The van der Waals surface area contributed by atoms with Gasteiger partial charge in [0.15, 0.2) is 0 Å². The van der Waals surface area contributed by atoms with Crippen LogP contribution in [0.15, 0.2) is 17.1 Å². The van der Waals surface area contributed by atoms with Crippen LogP contribution in [-0.4, -0.2) is 25.0 Å². The van der Waals surface area contributed by atoms with E-state index in [1.165, 1.54) is 6.07 Å². The summed E-state index contributed by atoms with van der Waals surface area (Å²) in [4.78, 5) is 18.6. The Morgan fingerprint density at radius 3 is 2.94 bits per heavy atom. The van der Waals surface area contributed by atoms with Gasteiger partial charge in [0, 0.05) is 19.0 Å². The van der Waals surface area contributed by atoms with Crippen molar-refractivity contribution in [3.05, 3.63) is 28.4 Å². The van der Waals surface area contributed by atoms with E-state index in [-0.39, 0.29) is 5.56 Å². The molecule has 6 heteroatoms. The van der Waals surface area contributed by atoms with E-state index in [0.29, 0.717) is 17.9 Å². The second-order valence-electron chi connectivity index (χ2n) is 3.77. The highest BCUT2D eigenvalue weighted by Crippen LogP contribution is 2.13. The fourth-order valence-electron chi connectivity index (χ4n) is 1.64. The maximum absolute atomic E-state index is 11.5. The van der Waals surface area contributed by atoms with E-state index >= 15 is 0 Å². The number of aromatic nitrogens is 5. The second-order valence-corrected chi connectivity index (χ2v) is 3.77. The Morgan fingerprint density at radius 2 is 2.24 bits per heavy atom. The number of nitrogens with zero attached hydrogens (tertiary/aromatic N) is 4. The van der Waals surface area contributed by atoms with E-state index in [9.17, 15) is 4.79 Å². The number of rotatable bonds is 4. The van der Waals surface area contributed by atoms with Gasteiger partial charge in [-0.2, -0.15) is 0 Å². The van der Waals surface area contributed by atoms with Gasteiger partial charge in [-0.05, 0) is 6.42 Å². The quantitative estimate of drug-likeness (QED) is 0.854. The monoisotopic (exact) mass is 233 g/mol. The van der Waals surface area contributed by atoms with Crippen molar-refractivity contribution in [1.82, 2.24) is 25.0 Å². The van der Waals surface area contributed by atoms with Crippen LogP contribution in [0.25, 0.3) is 11.4 Å². The van der Waals surface area contributed by atoms with Crippen LogP contribution in [0.2, 0.25) is 0 Å². The van der Waals surface area contributed by atoms with E-state index < -0.39 is 0 Å². The summed E-state index contributed by atoms with van der Waals surface area (Å²) in [7, 11) is 0. The van der Waals surface area contributed by atoms with E-state index in [1.807, 2.05) is 6.92 Å². The molecule has 0 fully saturated rings. The Morgan fingerprint density at radius 1 is 1.41 bits per heavy atom. The van der Waals surface area contributed by atoms with Crippen molar-refractivity contribution in [3.63, 3.8) is 0 Å². The first-order valence-electron chi connectivity index (χ1n) is 5.73. The molecule has 2 aromatic heterocycles. The Kier molecular flexibility index (Phi) is 3.32. The molecule has 0 radical (unpaired) electrons. The highest BCUT2D eigenvalue weighted by atomic mass is 16.1.